The fourth-order valence-corrected chi connectivity index (χ4v) is 4.59. The molecule has 20 heavy (non-hydrogen) atoms. The van der Waals surface area contributed by atoms with Crippen LogP contribution < -0.4 is 10.2 Å². The summed E-state index contributed by atoms with van der Waals surface area (Å²) in [4.78, 5) is 14.4. The normalized spacial score (nSPS) is 19.9. The van der Waals surface area contributed by atoms with Crippen molar-refractivity contribution in [3.05, 3.63) is 16.8 Å². The van der Waals surface area contributed by atoms with Gasteiger partial charge in [0.15, 0.2) is 0 Å². The molecule has 4 rings (SSSR count). The topological polar surface area (TPSA) is 41.1 Å². The molecule has 1 aliphatic carbocycles. The Hall–Kier alpha value is -1.20. The lowest BCUT2D eigenvalue weighted by Gasteiger charge is -2.29. The van der Waals surface area contributed by atoms with E-state index in [1.165, 1.54) is 48.1 Å². The van der Waals surface area contributed by atoms with Gasteiger partial charge in [-0.3, -0.25) is 0 Å². The van der Waals surface area contributed by atoms with Gasteiger partial charge in [0.1, 0.15) is 17.0 Å². The Bertz CT molecular complexity index is 616. The van der Waals surface area contributed by atoms with Crippen LogP contribution in [0.5, 0.6) is 0 Å². The van der Waals surface area contributed by atoms with Crippen molar-refractivity contribution in [2.45, 2.75) is 32.1 Å². The largest absolute Gasteiger partial charge is 0.353 e. The second-order valence-corrected chi connectivity index (χ2v) is 6.76. The lowest BCUT2D eigenvalue weighted by Crippen LogP contribution is -2.44. The first-order chi connectivity index (χ1) is 9.93. The Morgan fingerprint density at radius 1 is 1.05 bits per heavy atom. The molecule has 1 saturated heterocycles. The minimum absolute atomic E-state index is 1.05. The van der Waals surface area contributed by atoms with Crippen molar-refractivity contribution in [1.82, 2.24) is 15.3 Å². The Kier molecular flexibility index (Phi) is 3.32. The number of thiophene rings is 1. The van der Waals surface area contributed by atoms with Gasteiger partial charge < -0.3 is 10.2 Å². The molecule has 2 aliphatic rings. The van der Waals surface area contributed by atoms with Crippen LogP contribution in [0.25, 0.3) is 10.2 Å². The number of fused-ring (bicyclic) bond motifs is 3. The van der Waals surface area contributed by atoms with Gasteiger partial charge in [-0.15, -0.1) is 11.3 Å². The highest BCUT2D eigenvalue weighted by Crippen LogP contribution is 2.38. The number of nitrogens with zero attached hydrogens (tertiary/aromatic N) is 3. The summed E-state index contributed by atoms with van der Waals surface area (Å²) in [5.41, 5.74) is 1.55. The maximum absolute atomic E-state index is 4.64. The van der Waals surface area contributed by atoms with Crippen molar-refractivity contribution in [2.24, 2.45) is 0 Å². The molecular weight excluding hydrogens is 268 g/mol. The molecule has 0 radical (unpaired) electrons. The van der Waals surface area contributed by atoms with Crippen LogP contribution in [0.3, 0.4) is 0 Å². The van der Waals surface area contributed by atoms with Crippen molar-refractivity contribution in [3.8, 4) is 0 Å². The Balaban J connectivity index is 1.85. The predicted molar refractivity (Wildman–Crippen MR) is 83.8 cm³/mol. The van der Waals surface area contributed by atoms with Crippen LogP contribution in [0.4, 0.5) is 5.82 Å². The van der Waals surface area contributed by atoms with E-state index in [0.717, 1.165) is 26.2 Å². The van der Waals surface area contributed by atoms with Gasteiger partial charge >= 0.3 is 0 Å². The minimum Gasteiger partial charge on any atom is -0.353 e. The summed E-state index contributed by atoms with van der Waals surface area (Å²) in [6.07, 6.45) is 8.19. The molecule has 0 spiro atoms. The number of aromatic nitrogens is 2. The van der Waals surface area contributed by atoms with E-state index < -0.39 is 0 Å². The zero-order valence-corrected chi connectivity index (χ0v) is 12.5. The summed E-state index contributed by atoms with van der Waals surface area (Å²) in [6, 6.07) is 0. The molecule has 1 aliphatic heterocycles. The van der Waals surface area contributed by atoms with Gasteiger partial charge in [-0.05, 0) is 31.2 Å². The van der Waals surface area contributed by atoms with Crippen LogP contribution >= 0.6 is 11.3 Å². The number of hydrogen-bond donors (Lipinski definition) is 1. The second kappa shape index (κ2) is 5.30. The number of nitrogens with one attached hydrogen (secondary N) is 1. The number of aryl methyl sites for hydroxylation is 2. The van der Waals surface area contributed by atoms with E-state index in [0.29, 0.717) is 0 Å². The first-order valence-electron chi connectivity index (χ1n) is 7.64. The molecule has 0 atom stereocenters. The molecule has 2 aromatic rings. The number of hydrogen-bond acceptors (Lipinski definition) is 5. The standard InChI is InChI=1S/C15H20N4S/c1-2-4-11-12(5-3-1)20-15-13(11)14(17-10-18-15)19-8-6-16-7-9-19/h10,16H,1-9H2. The van der Waals surface area contributed by atoms with Gasteiger partial charge in [0.05, 0.1) is 5.39 Å². The van der Waals surface area contributed by atoms with Gasteiger partial charge in [-0.25, -0.2) is 9.97 Å². The third-order valence-electron chi connectivity index (χ3n) is 4.40. The van der Waals surface area contributed by atoms with Crippen molar-refractivity contribution >= 4 is 27.4 Å². The molecule has 106 valence electrons. The van der Waals surface area contributed by atoms with Crippen LogP contribution in [0.2, 0.25) is 0 Å². The van der Waals surface area contributed by atoms with Crippen molar-refractivity contribution in [3.63, 3.8) is 0 Å². The lowest BCUT2D eigenvalue weighted by molar-refractivity contribution is 0.586. The Morgan fingerprint density at radius 2 is 1.90 bits per heavy atom. The van der Waals surface area contributed by atoms with E-state index in [1.807, 2.05) is 11.3 Å². The van der Waals surface area contributed by atoms with E-state index >= 15 is 0 Å². The van der Waals surface area contributed by atoms with Crippen LogP contribution in [0, 0.1) is 0 Å². The molecule has 0 amide bonds. The second-order valence-electron chi connectivity index (χ2n) is 5.68. The quantitative estimate of drug-likeness (QED) is 0.818. The molecule has 2 aromatic heterocycles. The maximum Gasteiger partial charge on any atom is 0.141 e. The van der Waals surface area contributed by atoms with Crippen molar-refractivity contribution in [1.29, 1.82) is 0 Å². The molecule has 0 saturated carbocycles. The maximum atomic E-state index is 4.64. The summed E-state index contributed by atoms with van der Waals surface area (Å²) < 4.78 is 0. The number of rotatable bonds is 1. The highest BCUT2D eigenvalue weighted by atomic mass is 32.1. The monoisotopic (exact) mass is 288 g/mol. The minimum atomic E-state index is 1.05. The lowest BCUT2D eigenvalue weighted by atomic mass is 10.1. The van der Waals surface area contributed by atoms with E-state index in [-0.39, 0.29) is 0 Å². The summed E-state index contributed by atoms with van der Waals surface area (Å²) in [7, 11) is 0. The van der Waals surface area contributed by atoms with Crippen LogP contribution in [-0.4, -0.2) is 36.1 Å². The zero-order valence-electron chi connectivity index (χ0n) is 11.7. The average Bonchev–Trinajstić information content (AvgIpc) is 2.70. The van der Waals surface area contributed by atoms with Gasteiger partial charge in [0.2, 0.25) is 0 Å². The highest BCUT2D eigenvalue weighted by molar-refractivity contribution is 7.18. The molecule has 0 unspecified atom stereocenters. The number of piperazine rings is 1. The predicted octanol–water partition coefficient (Wildman–Crippen LogP) is 2.37. The Labute approximate surface area is 123 Å². The Morgan fingerprint density at radius 3 is 2.80 bits per heavy atom. The first kappa shape index (κ1) is 12.5. The SMILES string of the molecule is c1nc(N2CCNCC2)c2c3c(sc2n1)CCCCC3. The third-order valence-corrected chi connectivity index (χ3v) is 5.60. The molecule has 3 heterocycles. The van der Waals surface area contributed by atoms with Crippen molar-refractivity contribution < 1.29 is 0 Å². The van der Waals surface area contributed by atoms with E-state index in [4.69, 9.17) is 0 Å². The fraction of sp³-hybridized carbons (Fsp3) is 0.600. The van der Waals surface area contributed by atoms with Crippen molar-refractivity contribution in [2.75, 3.05) is 31.1 Å². The van der Waals surface area contributed by atoms with E-state index in [9.17, 15) is 0 Å². The number of anilines is 1. The summed E-state index contributed by atoms with van der Waals surface area (Å²) in [5.74, 6) is 1.18. The summed E-state index contributed by atoms with van der Waals surface area (Å²) in [6.45, 7) is 4.21. The van der Waals surface area contributed by atoms with Gasteiger partial charge in [-0.1, -0.05) is 6.42 Å². The van der Waals surface area contributed by atoms with Gasteiger partial charge in [0, 0.05) is 31.1 Å². The van der Waals surface area contributed by atoms with Crippen LogP contribution in [0.15, 0.2) is 6.33 Å². The van der Waals surface area contributed by atoms with Crippen LogP contribution in [0.1, 0.15) is 29.7 Å². The molecule has 0 bridgehead atoms. The molecule has 5 heteroatoms. The van der Waals surface area contributed by atoms with Gasteiger partial charge in [-0.2, -0.15) is 0 Å². The van der Waals surface area contributed by atoms with Gasteiger partial charge in [0.25, 0.3) is 0 Å². The molecule has 1 fully saturated rings. The third kappa shape index (κ3) is 2.09. The molecule has 4 nitrogen and oxygen atoms in total. The molecule has 1 N–H and O–H groups in total. The van der Waals surface area contributed by atoms with E-state index in [1.54, 1.807) is 16.8 Å². The summed E-state index contributed by atoms with van der Waals surface area (Å²) >= 11 is 1.90. The molecule has 0 aromatic carbocycles. The highest BCUT2D eigenvalue weighted by Gasteiger charge is 2.22. The average molecular weight is 288 g/mol. The molecular formula is C15H20N4S. The summed E-state index contributed by atoms with van der Waals surface area (Å²) in [5, 5.41) is 4.77. The fourth-order valence-electron chi connectivity index (χ4n) is 3.37. The first-order valence-corrected chi connectivity index (χ1v) is 8.46. The zero-order chi connectivity index (χ0) is 13.4. The smallest absolute Gasteiger partial charge is 0.141 e. The van der Waals surface area contributed by atoms with E-state index in [2.05, 4.69) is 20.2 Å². The van der Waals surface area contributed by atoms with Crippen LogP contribution in [-0.2, 0) is 12.8 Å².